The van der Waals surface area contributed by atoms with Crippen LogP contribution in [0.3, 0.4) is 0 Å². The van der Waals surface area contributed by atoms with E-state index in [1.807, 2.05) is 0 Å². The quantitative estimate of drug-likeness (QED) is 0.124. The van der Waals surface area contributed by atoms with Crippen molar-refractivity contribution in [2.75, 3.05) is 13.1 Å². The van der Waals surface area contributed by atoms with Gasteiger partial charge in [0.15, 0.2) is 0 Å². The van der Waals surface area contributed by atoms with Crippen molar-refractivity contribution in [3.63, 3.8) is 0 Å². The van der Waals surface area contributed by atoms with E-state index in [1.54, 1.807) is 0 Å². The van der Waals surface area contributed by atoms with Gasteiger partial charge in [-0.1, -0.05) is 156 Å². The predicted octanol–water partition coefficient (Wildman–Crippen LogP) is 10.1. The standard InChI is InChI=1S/C18H36O2.C12H27N/c1-2-3-4-5-6-7-8-9-10-11-12-13-14-15-16-17-18(19)20;1-3-5-6-7-8-9-10-11-12-13-4-2/h2-17H2,1H3,(H,19,20);13H,3-12H2,1-2H3. The van der Waals surface area contributed by atoms with Crippen LogP contribution in [0.2, 0.25) is 0 Å². The first kappa shape index (κ1) is 34.6. The predicted molar refractivity (Wildman–Crippen MR) is 148 cm³/mol. The number of carboxylic acid groups (broad SMARTS) is 1. The van der Waals surface area contributed by atoms with Gasteiger partial charge in [-0.2, -0.15) is 0 Å². The van der Waals surface area contributed by atoms with Crippen molar-refractivity contribution < 1.29 is 9.90 Å². The van der Waals surface area contributed by atoms with Crippen molar-refractivity contribution in [2.24, 2.45) is 0 Å². The third-order valence-electron chi connectivity index (χ3n) is 6.45. The molecule has 0 rings (SSSR count). The summed E-state index contributed by atoms with van der Waals surface area (Å²) in [6.07, 6.45) is 31.6. The molecule has 0 aliphatic heterocycles. The first-order valence-electron chi connectivity index (χ1n) is 15.1. The molecule has 0 aliphatic rings. The van der Waals surface area contributed by atoms with Gasteiger partial charge in [-0.3, -0.25) is 4.79 Å². The maximum absolute atomic E-state index is 10.3. The smallest absolute Gasteiger partial charge is 0.303 e. The van der Waals surface area contributed by atoms with Gasteiger partial charge in [0.05, 0.1) is 0 Å². The van der Waals surface area contributed by atoms with E-state index < -0.39 is 5.97 Å². The second-order valence-electron chi connectivity index (χ2n) is 9.92. The fraction of sp³-hybridized carbons (Fsp3) is 0.967. The van der Waals surface area contributed by atoms with Gasteiger partial charge in [0.1, 0.15) is 0 Å². The monoisotopic (exact) mass is 469 g/mol. The maximum atomic E-state index is 10.3. The molecule has 0 saturated heterocycles. The summed E-state index contributed by atoms with van der Waals surface area (Å²) in [6, 6.07) is 0. The lowest BCUT2D eigenvalue weighted by atomic mass is 10.0. The Balaban J connectivity index is 0. The van der Waals surface area contributed by atoms with Gasteiger partial charge in [-0.25, -0.2) is 0 Å². The Morgan fingerprint density at radius 1 is 0.485 bits per heavy atom. The number of aliphatic carboxylic acids is 1. The molecule has 0 atom stereocenters. The maximum Gasteiger partial charge on any atom is 0.303 e. The third-order valence-corrected chi connectivity index (χ3v) is 6.45. The normalized spacial score (nSPS) is 10.8. The lowest BCUT2D eigenvalue weighted by molar-refractivity contribution is -0.137. The molecule has 0 unspecified atom stereocenters. The minimum atomic E-state index is -0.653. The van der Waals surface area contributed by atoms with Gasteiger partial charge >= 0.3 is 5.97 Å². The topological polar surface area (TPSA) is 49.3 Å². The van der Waals surface area contributed by atoms with E-state index in [2.05, 4.69) is 26.1 Å². The van der Waals surface area contributed by atoms with Crippen LogP contribution in [0.1, 0.15) is 175 Å². The van der Waals surface area contributed by atoms with E-state index in [0.717, 1.165) is 19.4 Å². The largest absolute Gasteiger partial charge is 0.481 e. The lowest BCUT2D eigenvalue weighted by Gasteiger charge is -2.03. The highest BCUT2D eigenvalue weighted by Crippen LogP contribution is 2.13. The van der Waals surface area contributed by atoms with E-state index in [1.165, 1.54) is 141 Å². The molecule has 3 heteroatoms. The highest BCUT2D eigenvalue weighted by atomic mass is 16.4. The molecule has 0 aliphatic carbocycles. The van der Waals surface area contributed by atoms with Crippen molar-refractivity contribution in [3.05, 3.63) is 0 Å². The van der Waals surface area contributed by atoms with Gasteiger partial charge < -0.3 is 10.4 Å². The molecule has 3 nitrogen and oxygen atoms in total. The number of unbranched alkanes of at least 4 members (excludes halogenated alkanes) is 21. The summed E-state index contributed by atoms with van der Waals surface area (Å²) in [5.74, 6) is -0.653. The first-order chi connectivity index (χ1) is 16.2. The van der Waals surface area contributed by atoms with Gasteiger partial charge in [0, 0.05) is 6.42 Å². The van der Waals surface area contributed by atoms with Crippen LogP contribution in [0, 0.1) is 0 Å². The number of nitrogens with one attached hydrogen (secondary N) is 1. The van der Waals surface area contributed by atoms with Crippen LogP contribution in [-0.2, 0) is 4.79 Å². The Kier molecular flexibility index (Phi) is 35.2. The van der Waals surface area contributed by atoms with Crippen LogP contribution in [-0.4, -0.2) is 24.2 Å². The fourth-order valence-corrected chi connectivity index (χ4v) is 4.21. The fourth-order valence-electron chi connectivity index (χ4n) is 4.21. The van der Waals surface area contributed by atoms with Gasteiger partial charge in [-0.05, 0) is 25.9 Å². The average Bonchev–Trinajstić information content (AvgIpc) is 2.81. The summed E-state index contributed by atoms with van der Waals surface area (Å²) in [7, 11) is 0. The molecule has 0 heterocycles. The number of rotatable bonds is 26. The van der Waals surface area contributed by atoms with Crippen LogP contribution in [0.5, 0.6) is 0 Å². The molecule has 0 aromatic heterocycles. The number of hydrogen-bond acceptors (Lipinski definition) is 2. The van der Waals surface area contributed by atoms with Crippen molar-refractivity contribution in [2.45, 2.75) is 175 Å². The zero-order chi connectivity index (χ0) is 24.7. The summed E-state index contributed by atoms with van der Waals surface area (Å²) in [5, 5.41) is 11.9. The second kappa shape index (κ2) is 33.6. The van der Waals surface area contributed by atoms with Gasteiger partial charge in [0.2, 0.25) is 0 Å². The van der Waals surface area contributed by atoms with E-state index in [-0.39, 0.29) is 0 Å². The summed E-state index contributed by atoms with van der Waals surface area (Å²) >= 11 is 0. The summed E-state index contributed by atoms with van der Waals surface area (Å²) in [5.41, 5.74) is 0. The molecule has 200 valence electrons. The molecule has 0 aromatic carbocycles. The van der Waals surface area contributed by atoms with Crippen molar-refractivity contribution in [1.82, 2.24) is 5.32 Å². The summed E-state index contributed by atoms with van der Waals surface area (Å²) in [4.78, 5) is 10.3. The summed E-state index contributed by atoms with van der Waals surface area (Å²) in [6.45, 7) is 9.05. The SMILES string of the molecule is CCCCCCCCCCCCCCCCCC(=O)O.CCCCCCCCCCNCC. The van der Waals surface area contributed by atoms with Crippen molar-refractivity contribution >= 4 is 5.97 Å². The Morgan fingerprint density at radius 3 is 1.09 bits per heavy atom. The molecule has 0 radical (unpaired) electrons. The molecule has 0 fully saturated rings. The number of hydrogen-bond donors (Lipinski definition) is 2. The molecule has 0 spiro atoms. The highest BCUT2D eigenvalue weighted by Gasteiger charge is 1.97. The molecule has 0 aromatic rings. The lowest BCUT2D eigenvalue weighted by Crippen LogP contribution is -2.13. The van der Waals surface area contributed by atoms with Crippen LogP contribution >= 0.6 is 0 Å². The minimum absolute atomic E-state index is 0.345. The Morgan fingerprint density at radius 2 is 0.788 bits per heavy atom. The van der Waals surface area contributed by atoms with Crippen molar-refractivity contribution in [3.8, 4) is 0 Å². The van der Waals surface area contributed by atoms with E-state index in [9.17, 15) is 4.79 Å². The van der Waals surface area contributed by atoms with Gasteiger partial charge in [-0.15, -0.1) is 0 Å². The van der Waals surface area contributed by atoms with Gasteiger partial charge in [0.25, 0.3) is 0 Å². The molecule has 0 bridgehead atoms. The molecule has 0 amide bonds. The Hall–Kier alpha value is -0.570. The molecule has 2 N–H and O–H groups in total. The molecular weight excluding hydrogens is 406 g/mol. The van der Waals surface area contributed by atoms with Crippen LogP contribution < -0.4 is 5.32 Å². The number of carboxylic acids is 1. The third kappa shape index (κ3) is 39.0. The Labute approximate surface area is 209 Å². The van der Waals surface area contributed by atoms with E-state index in [4.69, 9.17) is 5.11 Å². The van der Waals surface area contributed by atoms with E-state index >= 15 is 0 Å². The van der Waals surface area contributed by atoms with E-state index in [0.29, 0.717) is 6.42 Å². The second-order valence-corrected chi connectivity index (χ2v) is 9.92. The molecule has 33 heavy (non-hydrogen) atoms. The van der Waals surface area contributed by atoms with Crippen LogP contribution in [0.25, 0.3) is 0 Å². The zero-order valence-electron chi connectivity index (χ0n) is 23.2. The molecule has 0 saturated carbocycles. The van der Waals surface area contributed by atoms with Crippen LogP contribution in [0.15, 0.2) is 0 Å². The van der Waals surface area contributed by atoms with Crippen molar-refractivity contribution in [1.29, 1.82) is 0 Å². The van der Waals surface area contributed by atoms with Crippen LogP contribution in [0.4, 0.5) is 0 Å². The average molecular weight is 470 g/mol. The minimum Gasteiger partial charge on any atom is -0.481 e. The number of carbonyl (C=O) groups is 1. The summed E-state index contributed by atoms with van der Waals surface area (Å²) < 4.78 is 0. The molecular formula is C30H63NO2. The zero-order valence-corrected chi connectivity index (χ0v) is 23.2. The first-order valence-corrected chi connectivity index (χ1v) is 15.1. The highest BCUT2D eigenvalue weighted by molar-refractivity contribution is 5.66. The Bertz CT molecular complexity index is 336.